The molecular weight excluding hydrogens is 511 g/mol. The van der Waals surface area contributed by atoms with Crippen molar-refractivity contribution < 1.29 is 22.8 Å². The number of aldehydes is 1. The summed E-state index contributed by atoms with van der Waals surface area (Å²) in [4.78, 5) is 33.4. The van der Waals surface area contributed by atoms with E-state index < -0.39 is 11.7 Å². The standard InChI is InChI=1S/C27H22F3N7O2/c1-16(39)32-12-20-9-19(22-8-17(11-31)6-7-21(22)26-33-15-34-36-26)10-25(35-20)37(2)13-23-18(14-38)4-3-5-24(23)27(28,29)30/h3-10,14-15H,12-13H2,1-2H3,(H,32,39)(H,33,34,36). The molecular formula is C27H22F3N7O2. The summed E-state index contributed by atoms with van der Waals surface area (Å²) in [7, 11) is 1.55. The first-order valence-electron chi connectivity index (χ1n) is 11.6. The van der Waals surface area contributed by atoms with Crippen LogP contribution in [-0.2, 0) is 24.1 Å². The number of benzene rings is 2. The van der Waals surface area contributed by atoms with E-state index >= 15 is 0 Å². The van der Waals surface area contributed by atoms with E-state index in [1.807, 2.05) is 0 Å². The summed E-state index contributed by atoms with van der Waals surface area (Å²) in [5.41, 5.74) is 1.41. The second-order valence-electron chi connectivity index (χ2n) is 8.67. The average Bonchev–Trinajstić information content (AvgIpc) is 3.45. The molecule has 39 heavy (non-hydrogen) atoms. The molecule has 2 aromatic heterocycles. The molecule has 0 aliphatic carbocycles. The van der Waals surface area contributed by atoms with Gasteiger partial charge in [-0.15, -0.1) is 0 Å². The molecule has 1 amide bonds. The molecule has 2 N–H and O–H groups in total. The summed E-state index contributed by atoms with van der Waals surface area (Å²) in [6.07, 6.45) is -2.93. The number of carbonyl (C=O) groups excluding carboxylic acids is 2. The summed E-state index contributed by atoms with van der Waals surface area (Å²) in [6, 6.07) is 13.9. The van der Waals surface area contributed by atoms with E-state index in [0.717, 1.165) is 6.07 Å². The van der Waals surface area contributed by atoms with Gasteiger partial charge in [0.15, 0.2) is 5.82 Å². The number of amides is 1. The van der Waals surface area contributed by atoms with Gasteiger partial charge >= 0.3 is 6.18 Å². The Bertz CT molecular complexity index is 1560. The number of anilines is 1. The number of nitriles is 1. The predicted molar refractivity (Wildman–Crippen MR) is 136 cm³/mol. The smallest absolute Gasteiger partial charge is 0.355 e. The molecule has 0 atom stereocenters. The molecule has 4 aromatic rings. The third-order valence-electron chi connectivity index (χ3n) is 5.94. The SMILES string of the molecule is CC(=O)NCc1cc(-c2cc(C#N)ccc2-c2ncn[nH]2)cc(N(C)Cc2c(C=O)cccc2C(F)(F)F)n1. The van der Waals surface area contributed by atoms with Crippen molar-refractivity contribution in [2.24, 2.45) is 0 Å². The second kappa shape index (κ2) is 11.1. The molecule has 0 saturated heterocycles. The van der Waals surface area contributed by atoms with Gasteiger partial charge in [-0.2, -0.15) is 23.5 Å². The van der Waals surface area contributed by atoms with E-state index in [1.54, 1.807) is 37.4 Å². The van der Waals surface area contributed by atoms with Crippen molar-refractivity contribution in [3.05, 3.63) is 82.8 Å². The minimum absolute atomic E-state index is 0.0539. The van der Waals surface area contributed by atoms with Crippen molar-refractivity contribution in [2.45, 2.75) is 26.2 Å². The number of alkyl halides is 3. The molecule has 2 heterocycles. The van der Waals surface area contributed by atoms with E-state index in [2.05, 4.69) is 31.6 Å². The van der Waals surface area contributed by atoms with E-state index in [4.69, 9.17) is 0 Å². The first-order chi connectivity index (χ1) is 18.6. The zero-order chi connectivity index (χ0) is 28.2. The first kappa shape index (κ1) is 27.0. The summed E-state index contributed by atoms with van der Waals surface area (Å²) in [5.74, 6) is 0.438. The Morgan fingerprint density at radius 1 is 1.18 bits per heavy atom. The van der Waals surface area contributed by atoms with Gasteiger partial charge < -0.3 is 10.2 Å². The largest absolute Gasteiger partial charge is 0.416 e. The van der Waals surface area contributed by atoms with Crippen LogP contribution < -0.4 is 10.2 Å². The van der Waals surface area contributed by atoms with E-state index in [-0.39, 0.29) is 35.9 Å². The molecule has 0 unspecified atom stereocenters. The lowest BCUT2D eigenvalue weighted by molar-refractivity contribution is -0.138. The van der Waals surface area contributed by atoms with E-state index in [9.17, 15) is 28.0 Å². The summed E-state index contributed by atoms with van der Waals surface area (Å²) >= 11 is 0. The van der Waals surface area contributed by atoms with Crippen LogP contribution in [0.3, 0.4) is 0 Å². The highest BCUT2D eigenvalue weighted by atomic mass is 19.4. The molecule has 0 saturated carbocycles. The number of halogens is 3. The molecule has 0 aliphatic heterocycles. The van der Waals surface area contributed by atoms with Crippen LogP contribution >= 0.6 is 0 Å². The molecule has 0 bridgehead atoms. The molecule has 2 aromatic carbocycles. The Labute approximate surface area is 221 Å². The van der Waals surface area contributed by atoms with Crippen LogP contribution in [0.2, 0.25) is 0 Å². The van der Waals surface area contributed by atoms with Gasteiger partial charge in [-0.05, 0) is 53.1 Å². The monoisotopic (exact) mass is 533 g/mol. The van der Waals surface area contributed by atoms with Gasteiger partial charge in [0.2, 0.25) is 5.91 Å². The van der Waals surface area contributed by atoms with Gasteiger partial charge in [0.05, 0.1) is 29.4 Å². The van der Waals surface area contributed by atoms with Crippen molar-refractivity contribution in [1.82, 2.24) is 25.5 Å². The summed E-state index contributed by atoms with van der Waals surface area (Å²) < 4.78 is 41.3. The number of H-pyrrole nitrogens is 1. The lowest BCUT2D eigenvalue weighted by Crippen LogP contribution is -2.24. The lowest BCUT2D eigenvalue weighted by atomic mass is 9.96. The summed E-state index contributed by atoms with van der Waals surface area (Å²) in [5, 5.41) is 18.9. The Hall–Kier alpha value is -5.05. The van der Waals surface area contributed by atoms with Crippen molar-refractivity contribution >= 4 is 18.0 Å². The average molecular weight is 534 g/mol. The van der Waals surface area contributed by atoms with Crippen LogP contribution in [0.1, 0.15) is 39.7 Å². The van der Waals surface area contributed by atoms with E-state index in [1.165, 1.54) is 30.3 Å². The normalized spacial score (nSPS) is 11.1. The Morgan fingerprint density at radius 2 is 1.97 bits per heavy atom. The van der Waals surface area contributed by atoms with Crippen LogP contribution in [0.4, 0.5) is 19.0 Å². The van der Waals surface area contributed by atoms with Crippen LogP contribution in [0.15, 0.2) is 54.9 Å². The predicted octanol–water partition coefficient (Wildman–Crippen LogP) is 4.51. The van der Waals surface area contributed by atoms with Gasteiger partial charge in [-0.3, -0.25) is 14.7 Å². The summed E-state index contributed by atoms with van der Waals surface area (Å²) in [6.45, 7) is 1.13. The molecule has 9 nitrogen and oxygen atoms in total. The molecule has 12 heteroatoms. The number of pyridine rings is 1. The highest BCUT2D eigenvalue weighted by Crippen LogP contribution is 2.36. The number of nitrogens with zero attached hydrogens (tertiary/aromatic N) is 5. The quantitative estimate of drug-likeness (QED) is 0.319. The van der Waals surface area contributed by atoms with Crippen LogP contribution in [0.25, 0.3) is 22.5 Å². The Morgan fingerprint density at radius 3 is 2.62 bits per heavy atom. The zero-order valence-corrected chi connectivity index (χ0v) is 20.9. The minimum atomic E-state index is -4.66. The molecule has 4 rings (SSSR count). The van der Waals surface area contributed by atoms with Gasteiger partial charge in [0.1, 0.15) is 18.4 Å². The fourth-order valence-electron chi connectivity index (χ4n) is 4.10. The Balaban J connectivity index is 1.85. The Kier molecular flexibility index (Phi) is 7.71. The van der Waals surface area contributed by atoms with Crippen molar-refractivity contribution in [3.8, 4) is 28.6 Å². The van der Waals surface area contributed by atoms with Crippen molar-refractivity contribution in [1.29, 1.82) is 5.26 Å². The zero-order valence-electron chi connectivity index (χ0n) is 20.9. The molecule has 198 valence electrons. The van der Waals surface area contributed by atoms with Crippen LogP contribution in [0.5, 0.6) is 0 Å². The van der Waals surface area contributed by atoms with Gasteiger partial charge in [0, 0.05) is 31.6 Å². The van der Waals surface area contributed by atoms with Gasteiger partial charge in [0.25, 0.3) is 0 Å². The van der Waals surface area contributed by atoms with E-state index in [0.29, 0.717) is 40.1 Å². The number of hydrogen-bond donors (Lipinski definition) is 2. The van der Waals surface area contributed by atoms with Crippen LogP contribution in [-0.4, -0.2) is 39.4 Å². The number of hydrogen-bond acceptors (Lipinski definition) is 7. The minimum Gasteiger partial charge on any atom is -0.355 e. The maximum atomic E-state index is 13.8. The van der Waals surface area contributed by atoms with Crippen LogP contribution in [0, 0.1) is 11.3 Å². The van der Waals surface area contributed by atoms with Gasteiger partial charge in [-0.25, -0.2) is 9.97 Å². The fourth-order valence-corrected chi connectivity index (χ4v) is 4.10. The number of carbonyl (C=O) groups is 2. The van der Waals surface area contributed by atoms with Gasteiger partial charge in [-0.1, -0.05) is 12.1 Å². The maximum Gasteiger partial charge on any atom is 0.416 e. The highest BCUT2D eigenvalue weighted by Gasteiger charge is 2.34. The first-order valence-corrected chi connectivity index (χ1v) is 11.6. The topological polar surface area (TPSA) is 128 Å². The number of aromatic amines is 1. The number of rotatable bonds is 8. The maximum absolute atomic E-state index is 13.8. The molecule has 0 radical (unpaired) electrons. The highest BCUT2D eigenvalue weighted by molar-refractivity contribution is 5.83. The third kappa shape index (κ3) is 6.10. The third-order valence-corrected chi connectivity index (χ3v) is 5.94. The molecule has 0 aliphatic rings. The molecule has 0 fully saturated rings. The number of aromatic nitrogens is 4. The second-order valence-corrected chi connectivity index (χ2v) is 8.67. The van der Waals surface area contributed by atoms with Crippen molar-refractivity contribution in [3.63, 3.8) is 0 Å². The number of nitrogens with one attached hydrogen (secondary N) is 2. The lowest BCUT2D eigenvalue weighted by Gasteiger charge is -2.23. The molecule has 0 spiro atoms. The van der Waals surface area contributed by atoms with Crippen molar-refractivity contribution in [2.75, 3.05) is 11.9 Å². The fraction of sp³-hybridized carbons (Fsp3) is 0.185.